The molecule has 0 N–H and O–H groups in total. The zero-order valence-electron chi connectivity index (χ0n) is 11.6. The minimum Gasteiger partial charge on any atom is -0.370 e. The van der Waals surface area contributed by atoms with E-state index >= 15 is 0 Å². The van der Waals surface area contributed by atoms with Gasteiger partial charge in [0.05, 0.1) is 12.2 Å². The van der Waals surface area contributed by atoms with E-state index in [1.54, 1.807) is 0 Å². The summed E-state index contributed by atoms with van der Waals surface area (Å²) < 4.78 is 5.73. The van der Waals surface area contributed by atoms with Crippen LogP contribution in [0.15, 0.2) is 60.7 Å². The predicted octanol–water partition coefficient (Wildman–Crippen LogP) is 4.39. The second-order valence-corrected chi connectivity index (χ2v) is 6.09. The maximum atomic E-state index is 5.73. The lowest BCUT2D eigenvalue weighted by atomic mass is 9.73. The molecule has 1 aliphatic heterocycles. The van der Waals surface area contributed by atoms with E-state index in [0.717, 1.165) is 0 Å². The molecule has 102 valence electrons. The highest BCUT2D eigenvalue weighted by Crippen LogP contribution is 2.46. The maximum Gasteiger partial charge on any atom is 0.0844 e. The topological polar surface area (TPSA) is 12.5 Å². The highest BCUT2D eigenvalue weighted by Gasteiger charge is 2.45. The SMILES string of the molecule is c1ccc(C(c2ccccc2)C2CCC3OC3C2)cc1. The molecule has 2 aromatic carbocycles. The van der Waals surface area contributed by atoms with Gasteiger partial charge in [0.2, 0.25) is 0 Å². The lowest BCUT2D eigenvalue weighted by Crippen LogP contribution is -2.21. The molecule has 4 rings (SSSR count). The van der Waals surface area contributed by atoms with E-state index in [9.17, 15) is 0 Å². The van der Waals surface area contributed by atoms with Gasteiger partial charge in [-0.05, 0) is 36.3 Å². The number of hydrogen-bond donors (Lipinski definition) is 0. The van der Waals surface area contributed by atoms with Crippen LogP contribution in [-0.4, -0.2) is 12.2 Å². The Bertz CT molecular complexity index is 523. The molecule has 2 aliphatic rings. The number of epoxide rings is 1. The zero-order chi connectivity index (χ0) is 13.4. The molecule has 1 aliphatic carbocycles. The zero-order valence-corrected chi connectivity index (χ0v) is 11.6. The molecule has 3 atom stereocenters. The van der Waals surface area contributed by atoms with Crippen molar-refractivity contribution in [3.8, 4) is 0 Å². The van der Waals surface area contributed by atoms with Crippen LogP contribution in [0.3, 0.4) is 0 Å². The van der Waals surface area contributed by atoms with Crippen LogP contribution in [0.2, 0.25) is 0 Å². The van der Waals surface area contributed by atoms with Crippen molar-refractivity contribution in [2.45, 2.75) is 37.4 Å². The van der Waals surface area contributed by atoms with Crippen LogP contribution in [0.5, 0.6) is 0 Å². The first-order valence-electron chi connectivity index (χ1n) is 7.67. The van der Waals surface area contributed by atoms with E-state index in [2.05, 4.69) is 60.7 Å². The van der Waals surface area contributed by atoms with E-state index in [-0.39, 0.29) is 0 Å². The fourth-order valence-corrected chi connectivity index (χ4v) is 3.80. The van der Waals surface area contributed by atoms with Gasteiger partial charge in [0.15, 0.2) is 0 Å². The average molecular weight is 264 g/mol. The lowest BCUT2D eigenvalue weighted by molar-refractivity contribution is 0.343. The van der Waals surface area contributed by atoms with Crippen LogP contribution in [0.1, 0.15) is 36.3 Å². The Morgan fingerprint density at radius 1 is 0.750 bits per heavy atom. The summed E-state index contributed by atoms with van der Waals surface area (Å²) in [6.07, 6.45) is 4.88. The summed E-state index contributed by atoms with van der Waals surface area (Å²) in [5.74, 6) is 1.23. The van der Waals surface area contributed by atoms with E-state index in [0.29, 0.717) is 24.0 Å². The first-order chi connectivity index (χ1) is 9.92. The van der Waals surface area contributed by atoms with Crippen molar-refractivity contribution < 1.29 is 4.74 Å². The molecule has 2 fully saturated rings. The second kappa shape index (κ2) is 5.06. The fourth-order valence-electron chi connectivity index (χ4n) is 3.80. The van der Waals surface area contributed by atoms with Crippen molar-refractivity contribution in [1.29, 1.82) is 0 Å². The van der Waals surface area contributed by atoms with Gasteiger partial charge in [0.25, 0.3) is 0 Å². The lowest BCUT2D eigenvalue weighted by Gasteiger charge is -2.29. The van der Waals surface area contributed by atoms with Crippen LogP contribution >= 0.6 is 0 Å². The molecule has 0 bridgehead atoms. The fraction of sp³-hybridized carbons (Fsp3) is 0.368. The third kappa shape index (κ3) is 2.27. The van der Waals surface area contributed by atoms with E-state index < -0.39 is 0 Å². The molecule has 1 saturated carbocycles. The summed E-state index contributed by atoms with van der Waals surface area (Å²) in [6, 6.07) is 21.9. The van der Waals surface area contributed by atoms with Crippen LogP contribution in [-0.2, 0) is 4.74 Å². The molecule has 20 heavy (non-hydrogen) atoms. The standard InChI is InChI=1S/C19H20O/c1-3-7-14(8-4-1)19(15-9-5-2-6-10-15)16-11-12-17-18(13-16)20-17/h1-10,16-19H,11-13H2. The highest BCUT2D eigenvalue weighted by atomic mass is 16.6. The molecule has 1 heterocycles. The van der Waals surface area contributed by atoms with Crippen LogP contribution in [0.4, 0.5) is 0 Å². The Labute approximate surface area is 120 Å². The van der Waals surface area contributed by atoms with Gasteiger partial charge in [-0.2, -0.15) is 0 Å². The highest BCUT2D eigenvalue weighted by molar-refractivity contribution is 5.33. The predicted molar refractivity (Wildman–Crippen MR) is 80.7 cm³/mol. The molecule has 0 radical (unpaired) electrons. The summed E-state index contributed by atoms with van der Waals surface area (Å²) in [4.78, 5) is 0. The smallest absolute Gasteiger partial charge is 0.0844 e. The monoisotopic (exact) mass is 264 g/mol. The van der Waals surface area contributed by atoms with Crippen molar-refractivity contribution in [3.63, 3.8) is 0 Å². The van der Waals surface area contributed by atoms with Crippen LogP contribution in [0.25, 0.3) is 0 Å². The normalized spacial score (nSPS) is 28.1. The van der Waals surface area contributed by atoms with Crippen LogP contribution < -0.4 is 0 Å². The molecule has 1 nitrogen and oxygen atoms in total. The number of rotatable bonds is 3. The Morgan fingerprint density at radius 2 is 1.35 bits per heavy atom. The van der Waals surface area contributed by atoms with Crippen molar-refractivity contribution in [2.24, 2.45) is 5.92 Å². The molecular formula is C19H20O. The largest absolute Gasteiger partial charge is 0.370 e. The quantitative estimate of drug-likeness (QED) is 0.749. The summed E-state index contributed by atoms with van der Waals surface area (Å²) >= 11 is 0. The number of ether oxygens (including phenoxy) is 1. The summed E-state index contributed by atoms with van der Waals surface area (Å²) in [5.41, 5.74) is 2.89. The Kier molecular flexibility index (Phi) is 3.08. The summed E-state index contributed by atoms with van der Waals surface area (Å²) in [6.45, 7) is 0. The van der Waals surface area contributed by atoms with Crippen molar-refractivity contribution in [2.75, 3.05) is 0 Å². The van der Waals surface area contributed by atoms with Gasteiger partial charge in [-0.3, -0.25) is 0 Å². The molecule has 0 amide bonds. The van der Waals surface area contributed by atoms with E-state index in [1.165, 1.54) is 30.4 Å². The first kappa shape index (κ1) is 12.2. The van der Waals surface area contributed by atoms with Gasteiger partial charge in [-0.1, -0.05) is 60.7 Å². The number of fused-ring (bicyclic) bond motifs is 1. The van der Waals surface area contributed by atoms with Crippen molar-refractivity contribution in [3.05, 3.63) is 71.8 Å². The van der Waals surface area contributed by atoms with E-state index in [1.807, 2.05) is 0 Å². The van der Waals surface area contributed by atoms with Crippen molar-refractivity contribution in [1.82, 2.24) is 0 Å². The first-order valence-corrected chi connectivity index (χ1v) is 7.67. The minimum atomic E-state index is 0.516. The van der Waals surface area contributed by atoms with Gasteiger partial charge >= 0.3 is 0 Å². The molecule has 0 spiro atoms. The Hall–Kier alpha value is -1.60. The summed E-state index contributed by atoms with van der Waals surface area (Å²) in [7, 11) is 0. The van der Waals surface area contributed by atoms with Gasteiger partial charge in [0, 0.05) is 5.92 Å². The average Bonchev–Trinajstić information content (AvgIpc) is 3.28. The summed E-state index contributed by atoms with van der Waals surface area (Å²) in [5, 5.41) is 0. The maximum absolute atomic E-state index is 5.73. The molecule has 1 heteroatoms. The molecule has 1 saturated heterocycles. The van der Waals surface area contributed by atoms with Crippen molar-refractivity contribution >= 4 is 0 Å². The molecule has 3 unspecified atom stereocenters. The third-order valence-electron chi connectivity index (χ3n) is 4.83. The Balaban J connectivity index is 1.69. The van der Waals surface area contributed by atoms with Gasteiger partial charge in [-0.15, -0.1) is 0 Å². The Morgan fingerprint density at radius 3 is 1.90 bits per heavy atom. The molecular weight excluding hydrogens is 244 g/mol. The van der Waals surface area contributed by atoms with Gasteiger partial charge in [0.1, 0.15) is 0 Å². The second-order valence-electron chi connectivity index (χ2n) is 6.09. The van der Waals surface area contributed by atoms with Gasteiger partial charge in [-0.25, -0.2) is 0 Å². The van der Waals surface area contributed by atoms with E-state index in [4.69, 9.17) is 4.74 Å². The third-order valence-corrected chi connectivity index (χ3v) is 4.83. The van der Waals surface area contributed by atoms with Gasteiger partial charge < -0.3 is 4.74 Å². The molecule has 0 aromatic heterocycles. The number of hydrogen-bond acceptors (Lipinski definition) is 1. The number of benzene rings is 2. The minimum absolute atomic E-state index is 0.516. The van der Waals surface area contributed by atoms with Crippen LogP contribution in [0, 0.1) is 5.92 Å². The molecule has 2 aromatic rings.